The number of para-hydroxylation sites is 2. The van der Waals surface area contributed by atoms with Gasteiger partial charge < -0.3 is 4.74 Å². The standard InChI is InChI=1S/C25H22OS/c1-3-12-20(13-4-2)27(21-14-6-5-7-15-21)24-18-10-8-16-22(24)26-23-17-9-11-19-25(23)27/h3-19H,1H2,2H3/b13-4-,20-12+. The second-order valence-electron chi connectivity index (χ2n) is 6.23. The van der Waals surface area contributed by atoms with Gasteiger partial charge in [0.1, 0.15) is 11.5 Å². The Morgan fingerprint density at radius 3 is 1.93 bits per heavy atom. The number of hydrogen-bond donors (Lipinski definition) is 0. The van der Waals surface area contributed by atoms with Gasteiger partial charge in [0, 0.05) is 19.6 Å². The Bertz CT molecular complexity index is 985. The van der Waals surface area contributed by atoms with Gasteiger partial charge in [-0.25, -0.2) is 0 Å². The van der Waals surface area contributed by atoms with Crippen LogP contribution in [0.25, 0.3) is 0 Å². The summed E-state index contributed by atoms with van der Waals surface area (Å²) < 4.78 is 6.30. The molecule has 3 aromatic rings. The van der Waals surface area contributed by atoms with E-state index >= 15 is 0 Å². The molecule has 0 spiro atoms. The first kappa shape index (κ1) is 17.4. The predicted octanol–water partition coefficient (Wildman–Crippen LogP) is 7.72. The molecular formula is C25H22OS. The maximum absolute atomic E-state index is 6.30. The second-order valence-corrected chi connectivity index (χ2v) is 9.27. The summed E-state index contributed by atoms with van der Waals surface area (Å²) in [6, 6.07) is 27.6. The molecule has 2 heteroatoms. The lowest BCUT2D eigenvalue weighted by Gasteiger charge is -2.46. The van der Waals surface area contributed by atoms with Gasteiger partial charge in [-0.05, 0) is 49.4 Å². The molecule has 27 heavy (non-hydrogen) atoms. The quantitative estimate of drug-likeness (QED) is 0.427. The molecule has 0 fully saturated rings. The first-order valence-electron chi connectivity index (χ1n) is 9.02. The molecule has 1 heterocycles. The molecule has 0 N–H and O–H groups in total. The van der Waals surface area contributed by atoms with Crippen LogP contribution in [-0.4, -0.2) is 0 Å². The van der Waals surface area contributed by atoms with Gasteiger partial charge in [0.2, 0.25) is 0 Å². The molecule has 0 saturated carbocycles. The summed E-state index contributed by atoms with van der Waals surface area (Å²) in [6.07, 6.45) is 8.34. The van der Waals surface area contributed by atoms with Crippen LogP contribution in [-0.2, 0) is 0 Å². The van der Waals surface area contributed by atoms with Crippen molar-refractivity contribution in [3.8, 4) is 11.5 Å². The summed E-state index contributed by atoms with van der Waals surface area (Å²) in [4.78, 5) is 4.98. The highest BCUT2D eigenvalue weighted by Gasteiger charge is 2.41. The van der Waals surface area contributed by atoms with E-state index in [2.05, 4.69) is 98.5 Å². The van der Waals surface area contributed by atoms with Crippen LogP contribution in [0, 0.1) is 0 Å². The smallest absolute Gasteiger partial charge is 0.140 e. The fourth-order valence-electron chi connectivity index (χ4n) is 3.62. The molecular weight excluding hydrogens is 348 g/mol. The van der Waals surface area contributed by atoms with Gasteiger partial charge >= 0.3 is 0 Å². The maximum Gasteiger partial charge on any atom is 0.140 e. The Labute approximate surface area is 162 Å². The summed E-state index contributed by atoms with van der Waals surface area (Å²) in [7, 11) is -1.68. The topological polar surface area (TPSA) is 9.23 Å². The van der Waals surface area contributed by atoms with E-state index in [0.29, 0.717) is 0 Å². The zero-order valence-corrected chi connectivity index (χ0v) is 16.2. The zero-order chi connectivity index (χ0) is 18.7. The molecule has 1 aliphatic rings. The molecule has 3 aromatic carbocycles. The van der Waals surface area contributed by atoms with E-state index in [1.807, 2.05) is 18.2 Å². The van der Waals surface area contributed by atoms with Gasteiger partial charge in [0.25, 0.3) is 0 Å². The van der Waals surface area contributed by atoms with Crippen LogP contribution in [0.15, 0.2) is 129 Å². The monoisotopic (exact) mass is 370 g/mol. The normalized spacial score (nSPS) is 16.1. The summed E-state index contributed by atoms with van der Waals surface area (Å²) in [5.41, 5.74) is 0. The van der Waals surface area contributed by atoms with E-state index in [0.717, 1.165) is 11.5 Å². The molecule has 134 valence electrons. The summed E-state index contributed by atoms with van der Waals surface area (Å²) >= 11 is 0. The molecule has 0 bridgehead atoms. The van der Waals surface area contributed by atoms with Crippen LogP contribution in [0.1, 0.15) is 6.92 Å². The fraction of sp³-hybridized carbons (Fsp3) is 0.0400. The largest absolute Gasteiger partial charge is 0.455 e. The Kier molecular flexibility index (Phi) is 4.74. The molecule has 0 unspecified atom stereocenters. The van der Waals surface area contributed by atoms with Crippen LogP contribution < -0.4 is 4.74 Å². The maximum atomic E-state index is 6.30. The molecule has 0 aromatic heterocycles. The molecule has 1 aliphatic heterocycles. The van der Waals surface area contributed by atoms with Crippen LogP contribution in [0.3, 0.4) is 0 Å². The predicted molar refractivity (Wildman–Crippen MR) is 115 cm³/mol. The van der Waals surface area contributed by atoms with E-state index in [4.69, 9.17) is 4.74 Å². The molecule has 1 nitrogen and oxygen atoms in total. The molecule has 0 aliphatic carbocycles. The minimum absolute atomic E-state index is 0.925. The third-order valence-electron chi connectivity index (χ3n) is 4.64. The number of rotatable bonds is 4. The van der Waals surface area contributed by atoms with Gasteiger partial charge in [-0.3, -0.25) is 0 Å². The third kappa shape index (κ3) is 2.73. The second kappa shape index (κ2) is 7.34. The van der Waals surface area contributed by atoms with Gasteiger partial charge in [-0.15, -0.1) is 10.0 Å². The van der Waals surface area contributed by atoms with Crippen molar-refractivity contribution in [3.05, 3.63) is 115 Å². The van der Waals surface area contributed by atoms with E-state index in [9.17, 15) is 0 Å². The van der Waals surface area contributed by atoms with Crippen molar-refractivity contribution >= 4 is 10.0 Å². The number of fused-ring (bicyclic) bond motifs is 2. The summed E-state index contributed by atoms with van der Waals surface area (Å²) in [6.45, 7) is 6.05. The Hall–Kier alpha value is -2.97. The number of hydrogen-bond acceptors (Lipinski definition) is 1. The minimum atomic E-state index is -1.68. The third-order valence-corrected chi connectivity index (χ3v) is 8.59. The minimum Gasteiger partial charge on any atom is -0.455 e. The average molecular weight is 371 g/mol. The first-order chi connectivity index (χ1) is 13.3. The van der Waals surface area contributed by atoms with Crippen LogP contribution >= 0.6 is 10.0 Å². The van der Waals surface area contributed by atoms with Crippen molar-refractivity contribution in [2.75, 3.05) is 0 Å². The molecule has 0 saturated heterocycles. The van der Waals surface area contributed by atoms with Crippen molar-refractivity contribution in [2.24, 2.45) is 0 Å². The van der Waals surface area contributed by atoms with Crippen molar-refractivity contribution in [3.63, 3.8) is 0 Å². The van der Waals surface area contributed by atoms with Gasteiger partial charge in [0.05, 0.1) is 0 Å². The van der Waals surface area contributed by atoms with Crippen LogP contribution in [0.5, 0.6) is 11.5 Å². The lowest BCUT2D eigenvalue weighted by Crippen LogP contribution is -2.12. The Morgan fingerprint density at radius 2 is 1.37 bits per heavy atom. The highest BCUT2D eigenvalue weighted by molar-refractivity contribution is 8.37. The van der Waals surface area contributed by atoms with Gasteiger partial charge in [0.15, 0.2) is 0 Å². The van der Waals surface area contributed by atoms with Crippen molar-refractivity contribution in [1.82, 2.24) is 0 Å². The highest BCUT2D eigenvalue weighted by Crippen LogP contribution is 2.79. The molecule has 0 atom stereocenters. The van der Waals surface area contributed by atoms with Crippen LogP contribution in [0.4, 0.5) is 0 Å². The van der Waals surface area contributed by atoms with E-state index in [1.165, 1.54) is 19.6 Å². The van der Waals surface area contributed by atoms with Gasteiger partial charge in [-0.1, -0.05) is 67.3 Å². The lowest BCUT2D eigenvalue weighted by atomic mass is 10.3. The fourth-order valence-corrected chi connectivity index (χ4v) is 7.74. The Balaban J connectivity index is 2.20. The SMILES string of the molecule is C=C/C=C(\C=C/C)S1(c2ccccc2)c2ccccc2Oc2ccccc21. The summed E-state index contributed by atoms with van der Waals surface area (Å²) in [5.74, 6) is 1.85. The molecule has 0 radical (unpaired) electrons. The van der Waals surface area contributed by atoms with Crippen LogP contribution in [0.2, 0.25) is 0 Å². The summed E-state index contributed by atoms with van der Waals surface area (Å²) in [5, 5.41) is 0. The average Bonchev–Trinajstić information content (AvgIpc) is 2.72. The number of ether oxygens (including phenoxy) is 1. The van der Waals surface area contributed by atoms with E-state index < -0.39 is 10.0 Å². The van der Waals surface area contributed by atoms with E-state index in [1.54, 1.807) is 0 Å². The number of benzene rings is 3. The van der Waals surface area contributed by atoms with Crippen molar-refractivity contribution < 1.29 is 4.74 Å². The molecule has 4 rings (SSSR count). The van der Waals surface area contributed by atoms with E-state index in [-0.39, 0.29) is 0 Å². The van der Waals surface area contributed by atoms with Crippen molar-refractivity contribution in [1.29, 1.82) is 0 Å². The highest BCUT2D eigenvalue weighted by atomic mass is 32.3. The lowest BCUT2D eigenvalue weighted by molar-refractivity contribution is 0.452. The first-order valence-corrected chi connectivity index (χ1v) is 10.7. The van der Waals surface area contributed by atoms with Crippen molar-refractivity contribution in [2.45, 2.75) is 21.6 Å². The number of allylic oxidation sites excluding steroid dienone is 4. The molecule has 0 amide bonds. The Morgan fingerprint density at radius 1 is 0.815 bits per heavy atom. The zero-order valence-electron chi connectivity index (χ0n) is 15.3. The van der Waals surface area contributed by atoms with Gasteiger partial charge in [-0.2, -0.15) is 0 Å².